The van der Waals surface area contributed by atoms with E-state index in [1.807, 2.05) is 0 Å². The second-order valence-electron chi connectivity index (χ2n) is 6.59. The number of halogens is 2. The van der Waals surface area contributed by atoms with Crippen molar-refractivity contribution in [2.75, 3.05) is 12.3 Å². The van der Waals surface area contributed by atoms with E-state index in [0.29, 0.717) is 22.9 Å². The molecule has 3 rings (SSSR count). The van der Waals surface area contributed by atoms with Crippen LogP contribution in [0.2, 0.25) is 5.02 Å². The average Bonchev–Trinajstić information content (AvgIpc) is 3.13. The Bertz CT molecular complexity index is 847. The van der Waals surface area contributed by atoms with Crippen molar-refractivity contribution < 1.29 is 14.0 Å². The lowest BCUT2D eigenvalue weighted by Crippen LogP contribution is -2.48. The van der Waals surface area contributed by atoms with Gasteiger partial charge in [0.05, 0.1) is 10.6 Å². The lowest BCUT2D eigenvalue weighted by Gasteiger charge is -2.29. The first-order chi connectivity index (χ1) is 13.5. The van der Waals surface area contributed by atoms with Gasteiger partial charge in [-0.15, -0.1) is 11.8 Å². The maximum absolute atomic E-state index is 13.4. The first kappa shape index (κ1) is 20.7. The first-order valence-corrected chi connectivity index (χ1v) is 10.7. The fraction of sp³-hybridized carbons (Fsp3) is 0.333. The predicted molar refractivity (Wildman–Crippen MR) is 111 cm³/mol. The Labute approximate surface area is 173 Å². The Morgan fingerprint density at radius 2 is 1.93 bits per heavy atom. The van der Waals surface area contributed by atoms with Crippen molar-refractivity contribution in [3.63, 3.8) is 0 Å². The molecule has 0 unspecified atom stereocenters. The Morgan fingerprint density at radius 1 is 1.21 bits per heavy atom. The zero-order valence-corrected chi connectivity index (χ0v) is 17.1. The molecule has 0 saturated carbocycles. The Morgan fingerprint density at radius 3 is 2.61 bits per heavy atom. The predicted octanol–water partition coefficient (Wildman–Crippen LogP) is 4.65. The lowest BCUT2D eigenvalue weighted by molar-refractivity contribution is -0.124. The van der Waals surface area contributed by atoms with Crippen LogP contribution in [0.3, 0.4) is 0 Å². The summed E-state index contributed by atoms with van der Waals surface area (Å²) in [6.07, 6.45) is 1.85. The Balaban J connectivity index is 1.92. The molecule has 0 aromatic heterocycles. The molecule has 2 atom stereocenters. The highest BCUT2D eigenvalue weighted by atomic mass is 35.5. The van der Waals surface area contributed by atoms with Crippen molar-refractivity contribution >= 4 is 35.2 Å². The van der Waals surface area contributed by atoms with Gasteiger partial charge < -0.3 is 10.2 Å². The SMILES string of the molecule is CCCCNC(=O)[C@@H]1CS[C@H](c2ccc(F)cc2)N1C(=O)c1ccccc1Cl. The van der Waals surface area contributed by atoms with Gasteiger partial charge in [-0.05, 0) is 36.2 Å². The molecule has 2 amide bonds. The van der Waals surface area contributed by atoms with Crippen LogP contribution in [0, 0.1) is 5.82 Å². The van der Waals surface area contributed by atoms with Crippen molar-refractivity contribution in [1.82, 2.24) is 10.2 Å². The summed E-state index contributed by atoms with van der Waals surface area (Å²) in [6.45, 7) is 2.63. The van der Waals surface area contributed by atoms with E-state index in [2.05, 4.69) is 12.2 Å². The van der Waals surface area contributed by atoms with Crippen LogP contribution in [-0.4, -0.2) is 35.1 Å². The molecule has 1 saturated heterocycles. The Kier molecular flexibility index (Phi) is 6.97. The van der Waals surface area contributed by atoms with Gasteiger partial charge >= 0.3 is 0 Å². The number of hydrogen-bond donors (Lipinski definition) is 1. The van der Waals surface area contributed by atoms with Crippen molar-refractivity contribution in [1.29, 1.82) is 0 Å². The molecule has 2 aromatic rings. The maximum atomic E-state index is 13.4. The molecular weight excluding hydrogens is 399 g/mol. The van der Waals surface area contributed by atoms with Gasteiger partial charge in [-0.3, -0.25) is 9.59 Å². The van der Waals surface area contributed by atoms with E-state index >= 15 is 0 Å². The highest BCUT2D eigenvalue weighted by Crippen LogP contribution is 2.42. The summed E-state index contributed by atoms with van der Waals surface area (Å²) in [6, 6.07) is 12.2. The number of rotatable bonds is 6. The number of nitrogens with one attached hydrogen (secondary N) is 1. The molecule has 0 bridgehead atoms. The fourth-order valence-electron chi connectivity index (χ4n) is 3.12. The highest BCUT2D eigenvalue weighted by molar-refractivity contribution is 7.99. The smallest absolute Gasteiger partial charge is 0.257 e. The van der Waals surface area contributed by atoms with Gasteiger partial charge in [-0.1, -0.05) is 49.2 Å². The number of thioether (sulfide) groups is 1. The zero-order chi connectivity index (χ0) is 20.1. The van der Waals surface area contributed by atoms with Gasteiger partial charge in [0.15, 0.2) is 0 Å². The van der Waals surface area contributed by atoms with E-state index in [-0.39, 0.29) is 23.0 Å². The van der Waals surface area contributed by atoms with E-state index in [1.165, 1.54) is 23.9 Å². The minimum atomic E-state index is -0.610. The maximum Gasteiger partial charge on any atom is 0.257 e. The third-order valence-corrected chi connectivity index (χ3v) is 6.28. The molecule has 28 heavy (non-hydrogen) atoms. The number of unbranched alkanes of at least 4 members (excludes halogenated alkanes) is 1. The Hall–Kier alpha value is -2.05. The van der Waals surface area contributed by atoms with Crippen LogP contribution in [-0.2, 0) is 4.79 Å². The van der Waals surface area contributed by atoms with Crippen LogP contribution < -0.4 is 5.32 Å². The van der Waals surface area contributed by atoms with E-state index in [9.17, 15) is 14.0 Å². The molecule has 2 aromatic carbocycles. The molecular formula is C21H22ClFN2O2S. The molecule has 0 radical (unpaired) electrons. The average molecular weight is 421 g/mol. The third-order valence-electron chi connectivity index (χ3n) is 4.63. The van der Waals surface area contributed by atoms with Gasteiger partial charge in [0.1, 0.15) is 17.2 Å². The van der Waals surface area contributed by atoms with E-state index in [4.69, 9.17) is 11.6 Å². The number of benzene rings is 2. The largest absolute Gasteiger partial charge is 0.354 e. The fourth-order valence-corrected chi connectivity index (χ4v) is 4.77. The summed E-state index contributed by atoms with van der Waals surface area (Å²) >= 11 is 7.73. The van der Waals surface area contributed by atoms with Crippen LogP contribution >= 0.6 is 23.4 Å². The molecule has 4 nitrogen and oxygen atoms in total. The first-order valence-electron chi connectivity index (χ1n) is 9.25. The second-order valence-corrected chi connectivity index (χ2v) is 8.11. The number of hydrogen-bond acceptors (Lipinski definition) is 3. The van der Waals surface area contributed by atoms with Gasteiger partial charge in [-0.25, -0.2) is 4.39 Å². The second kappa shape index (κ2) is 9.43. The van der Waals surface area contributed by atoms with E-state index in [1.54, 1.807) is 41.3 Å². The van der Waals surface area contributed by atoms with Crippen molar-refractivity contribution in [2.45, 2.75) is 31.2 Å². The molecule has 1 N–H and O–H groups in total. The van der Waals surface area contributed by atoms with Crippen molar-refractivity contribution in [3.05, 3.63) is 70.5 Å². The molecule has 148 valence electrons. The third kappa shape index (κ3) is 4.50. The molecule has 0 aliphatic carbocycles. The number of carbonyl (C=O) groups excluding carboxylic acids is 2. The number of nitrogens with zero attached hydrogens (tertiary/aromatic N) is 1. The summed E-state index contributed by atoms with van der Waals surface area (Å²) in [7, 11) is 0. The minimum absolute atomic E-state index is 0.175. The quantitative estimate of drug-likeness (QED) is 0.692. The van der Waals surface area contributed by atoms with Crippen LogP contribution in [0.25, 0.3) is 0 Å². The normalized spacial score (nSPS) is 18.9. The minimum Gasteiger partial charge on any atom is -0.354 e. The lowest BCUT2D eigenvalue weighted by atomic mass is 10.1. The van der Waals surface area contributed by atoms with Gasteiger partial charge in [0.2, 0.25) is 5.91 Å². The standard InChI is InChI=1S/C21H22ClFN2O2S/c1-2-3-12-24-19(26)18-13-28-21(14-8-10-15(23)11-9-14)25(18)20(27)16-6-4-5-7-17(16)22/h4-11,18,21H,2-3,12-13H2,1H3,(H,24,26)/t18-,21+/m0/s1. The van der Waals surface area contributed by atoms with Crippen molar-refractivity contribution in [2.24, 2.45) is 0 Å². The van der Waals surface area contributed by atoms with Gasteiger partial charge in [0, 0.05) is 12.3 Å². The molecule has 0 spiro atoms. The topological polar surface area (TPSA) is 49.4 Å². The summed E-state index contributed by atoms with van der Waals surface area (Å²) in [5.41, 5.74) is 1.13. The molecule has 1 fully saturated rings. The summed E-state index contributed by atoms with van der Waals surface area (Å²) in [5.74, 6) is -0.355. The highest BCUT2D eigenvalue weighted by Gasteiger charge is 2.42. The number of amides is 2. The van der Waals surface area contributed by atoms with Crippen LogP contribution in [0.4, 0.5) is 4.39 Å². The molecule has 1 aliphatic heterocycles. The summed E-state index contributed by atoms with van der Waals surface area (Å²) < 4.78 is 13.4. The monoisotopic (exact) mass is 420 g/mol. The number of carbonyl (C=O) groups is 2. The van der Waals surface area contributed by atoms with Crippen LogP contribution in [0.1, 0.15) is 41.1 Å². The molecule has 1 heterocycles. The van der Waals surface area contributed by atoms with Crippen molar-refractivity contribution in [3.8, 4) is 0 Å². The zero-order valence-electron chi connectivity index (χ0n) is 15.5. The summed E-state index contributed by atoms with van der Waals surface area (Å²) in [4.78, 5) is 27.7. The summed E-state index contributed by atoms with van der Waals surface area (Å²) in [5, 5.41) is 2.88. The van der Waals surface area contributed by atoms with E-state index < -0.39 is 6.04 Å². The van der Waals surface area contributed by atoms with Gasteiger partial charge in [-0.2, -0.15) is 0 Å². The molecule has 7 heteroatoms. The molecule has 1 aliphatic rings. The van der Waals surface area contributed by atoms with Crippen LogP contribution in [0.5, 0.6) is 0 Å². The van der Waals surface area contributed by atoms with Gasteiger partial charge in [0.25, 0.3) is 5.91 Å². The van der Waals surface area contributed by atoms with E-state index in [0.717, 1.165) is 18.4 Å². The van der Waals surface area contributed by atoms with Crippen LogP contribution in [0.15, 0.2) is 48.5 Å².